The Bertz CT molecular complexity index is 462. The molecule has 1 saturated heterocycles. The van der Waals surface area contributed by atoms with Crippen molar-refractivity contribution in [3.05, 3.63) is 33.8 Å². The van der Waals surface area contributed by atoms with E-state index in [4.69, 9.17) is 23.2 Å². The van der Waals surface area contributed by atoms with Crippen molar-refractivity contribution in [3.63, 3.8) is 0 Å². The smallest absolute Gasteiger partial charge is 0.0640 e. The number of likely N-dealkylation sites (tertiary alicyclic amines) is 1. The van der Waals surface area contributed by atoms with Gasteiger partial charge >= 0.3 is 0 Å². The SMILES string of the molecule is CNC(CCN1CCCC1C(C)C)c1cccc(Cl)c1Cl. The number of nitrogens with zero attached hydrogens (tertiary/aromatic N) is 1. The molecule has 0 spiro atoms. The maximum Gasteiger partial charge on any atom is 0.0640 e. The third-order valence-corrected chi connectivity index (χ3v) is 5.43. The van der Waals surface area contributed by atoms with Gasteiger partial charge in [0.1, 0.15) is 0 Å². The quantitative estimate of drug-likeness (QED) is 0.809. The second-order valence-corrected chi connectivity index (χ2v) is 7.05. The fourth-order valence-electron chi connectivity index (χ4n) is 3.42. The van der Waals surface area contributed by atoms with Crippen molar-refractivity contribution in [1.82, 2.24) is 10.2 Å². The van der Waals surface area contributed by atoms with E-state index in [0.717, 1.165) is 30.5 Å². The number of hydrogen-bond acceptors (Lipinski definition) is 2. The van der Waals surface area contributed by atoms with Crippen LogP contribution in [0.4, 0.5) is 0 Å². The molecule has 1 heterocycles. The van der Waals surface area contributed by atoms with Gasteiger partial charge in [0.05, 0.1) is 10.0 Å². The van der Waals surface area contributed by atoms with E-state index < -0.39 is 0 Å². The Labute approximate surface area is 138 Å². The average Bonchev–Trinajstić information content (AvgIpc) is 2.92. The second kappa shape index (κ2) is 7.82. The molecule has 1 aromatic rings. The number of hydrogen-bond donors (Lipinski definition) is 1. The summed E-state index contributed by atoms with van der Waals surface area (Å²) in [5, 5.41) is 4.70. The van der Waals surface area contributed by atoms with Gasteiger partial charge in [-0.3, -0.25) is 0 Å². The minimum Gasteiger partial charge on any atom is -0.313 e. The van der Waals surface area contributed by atoms with E-state index in [2.05, 4.69) is 30.1 Å². The zero-order valence-corrected chi connectivity index (χ0v) is 14.7. The van der Waals surface area contributed by atoms with E-state index in [1.54, 1.807) is 0 Å². The third-order valence-electron chi connectivity index (χ3n) is 4.59. The van der Waals surface area contributed by atoms with Crippen LogP contribution in [0.5, 0.6) is 0 Å². The van der Waals surface area contributed by atoms with Crippen LogP contribution >= 0.6 is 23.2 Å². The van der Waals surface area contributed by atoms with Crippen molar-refractivity contribution in [2.24, 2.45) is 5.92 Å². The van der Waals surface area contributed by atoms with Crippen LogP contribution in [0, 0.1) is 5.92 Å². The molecule has 1 aliphatic heterocycles. The molecule has 118 valence electrons. The summed E-state index contributed by atoms with van der Waals surface area (Å²) in [6.45, 7) is 6.98. The lowest BCUT2D eigenvalue weighted by atomic mass is 10.0. The molecular formula is C17H26Cl2N2. The molecule has 1 aromatic carbocycles. The first-order chi connectivity index (χ1) is 10.0. The molecule has 0 saturated carbocycles. The molecule has 2 atom stereocenters. The summed E-state index contributed by atoms with van der Waals surface area (Å²) in [5.74, 6) is 0.732. The largest absolute Gasteiger partial charge is 0.313 e. The molecular weight excluding hydrogens is 303 g/mol. The van der Waals surface area contributed by atoms with Gasteiger partial charge in [-0.2, -0.15) is 0 Å². The predicted molar refractivity (Wildman–Crippen MR) is 92.3 cm³/mol. The third kappa shape index (κ3) is 4.13. The van der Waals surface area contributed by atoms with E-state index in [1.807, 2.05) is 19.2 Å². The fourth-order valence-corrected chi connectivity index (χ4v) is 3.86. The Morgan fingerprint density at radius 2 is 2.10 bits per heavy atom. The van der Waals surface area contributed by atoms with Gasteiger partial charge in [0.25, 0.3) is 0 Å². The highest BCUT2D eigenvalue weighted by Crippen LogP contribution is 2.32. The van der Waals surface area contributed by atoms with Crippen LogP contribution in [-0.4, -0.2) is 31.1 Å². The van der Waals surface area contributed by atoms with E-state index in [1.165, 1.54) is 19.4 Å². The van der Waals surface area contributed by atoms with Crippen LogP contribution in [0.15, 0.2) is 18.2 Å². The van der Waals surface area contributed by atoms with Gasteiger partial charge < -0.3 is 10.2 Å². The summed E-state index contributed by atoms with van der Waals surface area (Å²) in [6, 6.07) is 6.87. The predicted octanol–water partition coefficient (Wildman–Crippen LogP) is 4.76. The Kier molecular flexibility index (Phi) is 6.36. The van der Waals surface area contributed by atoms with Gasteiger partial charge in [-0.1, -0.05) is 49.2 Å². The molecule has 1 N–H and O–H groups in total. The maximum atomic E-state index is 6.36. The molecule has 2 rings (SSSR count). The lowest BCUT2D eigenvalue weighted by Gasteiger charge is -2.29. The zero-order chi connectivity index (χ0) is 15.4. The molecule has 0 aromatic heterocycles. The van der Waals surface area contributed by atoms with Gasteiger partial charge in [-0.25, -0.2) is 0 Å². The first kappa shape index (κ1) is 17.1. The number of nitrogens with one attached hydrogen (secondary N) is 1. The highest BCUT2D eigenvalue weighted by atomic mass is 35.5. The van der Waals surface area contributed by atoms with Crippen molar-refractivity contribution in [3.8, 4) is 0 Å². The minimum absolute atomic E-state index is 0.254. The monoisotopic (exact) mass is 328 g/mol. The number of rotatable bonds is 6. The zero-order valence-electron chi connectivity index (χ0n) is 13.2. The molecule has 2 nitrogen and oxygen atoms in total. The van der Waals surface area contributed by atoms with E-state index in [9.17, 15) is 0 Å². The van der Waals surface area contributed by atoms with Crippen LogP contribution in [0.1, 0.15) is 44.7 Å². The summed E-state index contributed by atoms with van der Waals surface area (Å²) in [7, 11) is 1.99. The van der Waals surface area contributed by atoms with E-state index >= 15 is 0 Å². The Balaban J connectivity index is 2.01. The number of halogens is 2. The lowest BCUT2D eigenvalue weighted by Crippen LogP contribution is -2.35. The highest BCUT2D eigenvalue weighted by molar-refractivity contribution is 6.42. The van der Waals surface area contributed by atoms with Gasteiger partial charge in [0.2, 0.25) is 0 Å². The van der Waals surface area contributed by atoms with Crippen molar-refractivity contribution < 1.29 is 0 Å². The van der Waals surface area contributed by atoms with Crippen molar-refractivity contribution in [1.29, 1.82) is 0 Å². The van der Waals surface area contributed by atoms with Crippen LogP contribution in [0.3, 0.4) is 0 Å². The second-order valence-electron chi connectivity index (χ2n) is 6.26. The van der Waals surface area contributed by atoms with Crippen molar-refractivity contribution >= 4 is 23.2 Å². The Morgan fingerprint density at radius 3 is 2.76 bits per heavy atom. The van der Waals surface area contributed by atoms with Gasteiger partial charge in [-0.15, -0.1) is 0 Å². The van der Waals surface area contributed by atoms with Crippen LogP contribution in [-0.2, 0) is 0 Å². The summed E-state index contributed by atoms with van der Waals surface area (Å²) >= 11 is 12.5. The summed E-state index contributed by atoms with van der Waals surface area (Å²) < 4.78 is 0. The molecule has 2 unspecified atom stereocenters. The molecule has 0 aliphatic carbocycles. The molecule has 0 radical (unpaired) electrons. The van der Waals surface area contributed by atoms with Crippen LogP contribution < -0.4 is 5.32 Å². The van der Waals surface area contributed by atoms with Gasteiger partial charge in [-0.05, 0) is 50.4 Å². The number of benzene rings is 1. The first-order valence-electron chi connectivity index (χ1n) is 7.89. The summed E-state index contributed by atoms with van der Waals surface area (Å²) in [4.78, 5) is 2.63. The van der Waals surface area contributed by atoms with Crippen molar-refractivity contribution in [2.45, 2.75) is 45.2 Å². The van der Waals surface area contributed by atoms with Gasteiger partial charge in [0.15, 0.2) is 0 Å². The molecule has 4 heteroatoms. The van der Waals surface area contributed by atoms with Crippen LogP contribution in [0.25, 0.3) is 0 Å². The summed E-state index contributed by atoms with van der Waals surface area (Å²) in [5.41, 5.74) is 1.10. The Hall–Kier alpha value is -0.280. The minimum atomic E-state index is 0.254. The van der Waals surface area contributed by atoms with E-state index in [-0.39, 0.29) is 6.04 Å². The van der Waals surface area contributed by atoms with E-state index in [0.29, 0.717) is 10.0 Å². The highest BCUT2D eigenvalue weighted by Gasteiger charge is 2.27. The molecule has 0 amide bonds. The molecule has 1 aliphatic rings. The maximum absolute atomic E-state index is 6.36. The molecule has 1 fully saturated rings. The first-order valence-corrected chi connectivity index (χ1v) is 8.65. The van der Waals surface area contributed by atoms with Crippen LogP contribution in [0.2, 0.25) is 10.0 Å². The fraction of sp³-hybridized carbons (Fsp3) is 0.647. The summed E-state index contributed by atoms with van der Waals surface area (Å²) in [6.07, 6.45) is 3.71. The molecule has 0 bridgehead atoms. The molecule has 21 heavy (non-hydrogen) atoms. The standard InChI is InChI=1S/C17H26Cl2N2/c1-12(2)16-8-5-10-21(16)11-9-15(20-3)13-6-4-7-14(18)17(13)19/h4,6-7,12,15-16,20H,5,8-11H2,1-3H3. The Morgan fingerprint density at radius 1 is 1.33 bits per heavy atom. The topological polar surface area (TPSA) is 15.3 Å². The normalized spacial score (nSPS) is 21.1. The van der Waals surface area contributed by atoms with Crippen molar-refractivity contribution in [2.75, 3.05) is 20.1 Å². The van der Waals surface area contributed by atoms with Gasteiger partial charge in [0, 0.05) is 18.6 Å². The average molecular weight is 329 g/mol. The lowest BCUT2D eigenvalue weighted by molar-refractivity contribution is 0.197.